The van der Waals surface area contributed by atoms with Crippen LogP contribution in [0.15, 0.2) is 18.3 Å². The van der Waals surface area contributed by atoms with E-state index in [1.807, 2.05) is 0 Å². The van der Waals surface area contributed by atoms with Crippen LogP contribution in [0.4, 0.5) is 5.82 Å². The SMILES string of the molecule is O=C1CC2(CCCC2)C(=O)N1c1cc(C#CCO)ccn1. The number of amides is 2. The molecule has 2 fully saturated rings. The van der Waals surface area contributed by atoms with Gasteiger partial charge in [-0.05, 0) is 25.0 Å². The van der Waals surface area contributed by atoms with Crippen molar-refractivity contribution in [1.29, 1.82) is 0 Å². The summed E-state index contributed by atoms with van der Waals surface area (Å²) in [6.07, 6.45) is 5.40. The third kappa shape index (κ3) is 2.32. The van der Waals surface area contributed by atoms with Crippen molar-refractivity contribution in [2.24, 2.45) is 5.41 Å². The van der Waals surface area contributed by atoms with E-state index in [0.29, 0.717) is 17.8 Å². The van der Waals surface area contributed by atoms with Gasteiger partial charge in [0.15, 0.2) is 0 Å². The lowest BCUT2D eigenvalue weighted by Crippen LogP contribution is -2.35. The van der Waals surface area contributed by atoms with Crippen LogP contribution < -0.4 is 4.90 Å². The van der Waals surface area contributed by atoms with E-state index >= 15 is 0 Å². The highest BCUT2D eigenvalue weighted by Gasteiger charge is 2.53. The number of pyridine rings is 1. The fourth-order valence-electron chi connectivity index (χ4n) is 3.23. The van der Waals surface area contributed by atoms with Gasteiger partial charge in [-0.15, -0.1) is 0 Å². The van der Waals surface area contributed by atoms with Crippen LogP contribution in [0.5, 0.6) is 0 Å². The Hall–Kier alpha value is -2.19. The minimum absolute atomic E-state index is 0.121. The molecule has 5 heteroatoms. The molecule has 1 aliphatic heterocycles. The van der Waals surface area contributed by atoms with Crippen LogP contribution in [0.2, 0.25) is 0 Å². The maximum Gasteiger partial charge on any atom is 0.241 e. The van der Waals surface area contributed by atoms with Gasteiger partial charge in [0.2, 0.25) is 11.8 Å². The monoisotopic (exact) mass is 284 g/mol. The molecule has 1 spiro atoms. The van der Waals surface area contributed by atoms with Crippen LogP contribution in [0.25, 0.3) is 0 Å². The molecule has 3 rings (SSSR count). The van der Waals surface area contributed by atoms with Crippen molar-refractivity contribution in [2.45, 2.75) is 32.1 Å². The molecule has 1 saturated carbocycles. The summed E-state index contributed by atoms with van der Waals surface area (Å²) in [7, 11) is 0. The number of hydrogen-bond acceptors (Lipinski definition) is 4. The summed E-state index contributed by atoms with van der Waals surface area (Å²) >= 11 is 0. The zero-order valence-electron chi connectivity index (χ0n) is 11.6. The van der Waals surface area contributed by atoms with E-state index in [4.69, 9.17) is 5.11 Å². The predicted octanol–water partition coefficient (Wildman–Crippen LogP) is 1.25. The van der Waals surface area contributed by atoms with E-state index in [2.05, 4.69) is 16.8 Å². The van der Waals surface area contributed by atoms with E-state index in [-0.39, 0.29) is 18.4 Å². The van der Waals surface area contributed by atoms with Crippen LogP contribution in [0.1, 0.15) is 37.7 Å². The number of carbonyl (C=O) groups excluding carboxylic acids is 2. The lowest BCUT2D eigenvalue weighted by Gasteiger charge is -2.20. The number of aromatic nitrogens is 1. The topological polar surface area (TPSA) is 70.5 Å². The number of anilines is 1. The van der Waals surface area contributed by atoms with Gasteiger partial charge in [0, 0.05) is 18.2 Å². The van der Waals surface area contributed by atoms with Gasteiger partial charge in [-0.3, -0.25) is 9.59 Å². The van der Waals surface area contributed by atoms with Crippen molar-refractivity contribution in [3.63, 3.8) is 0 Å². The Morgan fingerprint density at radius 2 is 2.10 bits per heavy atom. The molecule has 1 saturated heterocycles. The Morgan fingerprint density at radius 3 is 2.81 bits per heavy atom. The van der Waals surface area contributed by atoms with Crippen LogP contribution >= 0.6 is 0 Å². The Kier molecular flexibility index (Phi) is 3.48. The van der Waals surface area contributed by atoms with Gasteiger partial charge in [0.1, 0.15) is 12.4 Å². The Morgan fingerprint density at radius 1 is 1.33 bits per heavy atom. The second kappa shape index (κ2) is 5.30. The first-order valence-corrected chi connectivity index (χ1v) is 7.09. The van der Waals surface area contributed by atoms with Crippen LogP contribution in [0, 0.1) is 17.3 Å². The summed E-state index contributed by atoms with van der Waals surface area (Å²) in [5.74, 6) is 5.33. The number of carbonyl (C=O) groups is 2. The van der Waals surface area contributed by atoms with Crippen molar-refractivity contribution in [1.82, 2.24) is 4.98 Å². The standard InChI is InChI=1S/C16H16N2O3/c19-9-3-4-12-5-8-17-13(10-12)18-14(20)11-16(15(18)21)6-1-2-7-16/h5,8,10,19H,1-2,6-7,9,11H2. The van der Waals surface area contributed by atoms with Crippen molar-refractivity contribution >= 4 is 17.6 Å². The minimum atomic E-state index is -0.494. The second-order valence-electron chi connectivity index (χ2n) is 5.56. The quantitative estimate of drug-likeness (QED) is 0.622. The van der Waals surface area contributed by atoms with E-state index in [1.165, 1.54) is 11.1 Å². The zero-order chi connectivity index (χ0) is 14.9. The number of rotatable bonds is 1. The summed E-state index contributed by atoms with van der Waals surface area (Å²) in [5, 5.41) is 8.72. The number of hydrogen-bond donors (Lipinski definition) is 1. The first-order valence-electron chi connectivity index (χ1n) is 7.09. The average Bonchev–Trinajstić information content (AvgIpc) is 3.04. The molecule has 1 aliphatic carbocycles. The molecule has 2 aliphatic rings. The first kappa shape index (κ1) is 13.8. The molecular weight excluding hydrogens is 268 g/mol. The molecule has 0 radical (unpaired) electrons. The van der Waals surface area contributed by atoms with Crippen LogP contribution in [-0.2, 0) is 9.59 Å². The summed E-state index contributed by atoms with van der Waals surface area (Å²) in [4.78, 5) is 30.3. The van der Waals surface area contributed by atoms with Gasteiger partial charge in [0.25, 0.3) is 0 Å². The number of aliphatic hydroxyl groups excluding tert-OH is 1. The van der Waals surface area contributed by atoms with Crippen LogP contribution in [0.3, 0.4) is 0 Å². The fourth-order valence-corrected chi connectivity index (χ4v) is 3.23. The molecule has 2 heterocycles. The maximum absolute atomic E-state index is 12.7. The van der Waals surface area contributed by atoms with Crippen molar-refractivity contribution in [3.8, 4) is 11.8 Å². The normalized spacial score (nSPS) is 20.0. The molecule has 0 unspecified atom stereocenters. The van der Waals surface area contributed by atoms with Crippen molar-refractivity contribution in [2.75, 3.05) is 11.5 Å². The highest BCUT2D eigenvalue weighted by atomic mass is 16.2. The van der Waals surface area contributed by atoms with Gasteiger partial charge >= 0.3 is 0 Å². The highest BCUT2D eigenvalue weighted by molar-refractivity contribution is 6.22. The smallest absolute Gasteiger partial charge is 0.241 e. The largest absolute Gasteiger partial charge is 0.384 e. The summed E-state index contributed by atoms with van der Waals surface area (Å²) in [6, 6.07) is 3.30. The van der Waals surface area contributed by atoms with Gasteiger partial charge < -0.3 is 5.11 Å². The maximum atomic E-state index is 12.7. The number of imide groups is 1. The zero-order valence-corrected chi connectivity index (χ0v) is 11.6. The molecule has 2 amide bonds. The number of nitrogens with zero attached hydrogens (tertiary/aromatic N) is 2. The van der Waals surface area contributed by atoms with Crippen LogP contribution in [-0.4, -0.2) is 28.5 Å². The van der Waals surface area contributed by atoms with Gasteiger partial charge in [0.05, 0.1) is 5.41 Å². The molecule has 1 N–H and O–H groups in total. The molecule has 5 nitrogen and oxygen atoms in total. The molecule has 0 atom stereocenters. The first-order chi connectivity index (χ1) is 10.2. The molecule has 1 aromatic rings. The van der Waals surface area contributed by atoms with Gasteiger partial charge in [-0.1, -0.05) is 24.7 Å². The summed E-state index contributed by atoms with van der Waals surface area (Å²) in [6.45, 7) is -0.234. The predicted molar refractivity (Wildman–Crippen MR) is 76.2 cm³/mol. The summed E-state index contributed by atoms with van der Waals surface area (Å²) < 4.78 is 0. The number of aliphatic hydroxyl groups is 1. The van der Waals surface area contributed by atoms with Gasteiger partial charge in [-0.25, -0.2) is 9.88 Å². The Bertz CT molecular complexity index is 651. The molecule has 108 valence electrons. The van der Waals surface area contributed by atoms with Gasteiger partial charge in [-0.2, -0.15) is 0 Å². The average molecular weight is 284 g/mol. The molecule has 21 heavy (non-hydrogen) atoms. The third-order valence-electron chi connectivity index (χ3n) is 4.24. The van der Waals surface area contributed by atoms with E-state index in [9.17, 15) is 9.59 Å². The molecular formula is C16H16N2O3. The second-order valence-corrected chi connectivity index (χ2v) is 5.56. The van der Waals surface area contributed by atoms with Crippen molar-refractivity contribution < 1.29 is 14.7 Å². The van der Waals surface area contributed by atoms with Crippen molar-refractivity contribution in [3.05, 3.63) is 23.9 Å². The van der Waals surface area contributed by atoms with E-state index in [0.717, 1.165) is 25.7 Å². The Labute approximate surface area is 123 Å². The summed E-state index contributed by atoms with van der Waals surface area (Å²) in [5.41, 5.74) is 0.132. The third-order valence-corrected chi connectivity index (χ3v) is 4.24. The van der Waals surface area contributed by atoms with E-state index < -0.39 is 5.41 Å². The highest BCUT2D eigenvalue weighted by Crippen LogP contribution is 2.47. The van der Waals surface area contributed by atoms with E-state index in [1.54, 1.807) is 12.1 Å². The molecule has 1 aromatic heterocycles. The molecule has 0 aromatic carbocycles. The minimum Gasteiger partial charge on any atom is -0.384 e. The lowest BCUT2D eigenvalue weighted by molar-refractivity contribution is -0.125. The Balaban J connectivity index is 1.93. The lowest BCUT2D eigenvalue weighted by atomic mass is 9.84. The fraction of sp³-hybridized carbons (Fsp3) is 0.438. The molecule has 0 bridgehead atoms.